The molecule has 1 aliphatic carbocycles. The first kappa shape index (κ1) is 19.4. The van der Waals surface area contributed by atoms with Crippen molar-refractivity contribution in [3.8, 4) is 5.88 Å². The number of carbonyl (C=O) groups is 1. The number of ether oxygens (including phenoxy) is 1. The fourth-order valence-electron chi connectivity index (χ4n) is 3.95. The van der Waals surface area contributed by atoms with Gasteiger partial charge in [-0.3, -0.25) is 4.79 Å². The third-order valence-electron chi connectivity index (χ3n) is 5.79. The molecule has 3 aliphatic rings. The molecule has 154 valence electrons. The molecule has 3 fully saturated rings. The van der Waals surface area contributed by atoms with Gasteiger partial charge in [-0.05, 0) is 57.6 Å². The Morgan fingerprint density at radius 2 is 2.00 bits per heavy atom. The third kappa shape index (κ3) is 3.92. The molecule has 6 nitrogen and oxygen atoms in total. The van der Waals surface area contributed by atoms with Crippen molar-refractivity contribution in [2.75, 3.05) is 31.1 Å². The summed E-state index contributed by atoms with van der Waals surface area (Å²) in [7, 11) is 0. The Morgan fingerprint density at radius 3 is 2.61 bits per heavy atom. The van der Waals surface area contributed by atoms with Gasteiger partial charge in [-0.1, -0.05) is 0 Å². The summed E-state index contributed by atoms with van der Waals surface area (Å²) in [4.78, 5) is 20.8. The minimum atomic E-state index is -2.69. The smallest absolute Gasteiger partial charge is 0.282 e. The molecule has 2 aliphatic heterocycles. The topological polar surface area (TPSA) is 65.9 Å². The van der Waals surface area contributed by atoms with E-state index in [1.807, 2.05) is 13.8 Å². The number of amides is 1. The van der Waals surface area contributed by atoms with Crippen LogP contribution < -0.4 is 9.64 Å². The second-order valence-electron chi connectivity index (χ2n) is 8.90. The highest BCUT2D eigenvalue weighted by atomic mass is 19.3. The summed E-state index contributed by atoms with van der Waals surface area (Å²) < 4.78 is 32.5. The number of halogens is 2. The third-order valence-corrected chi connectivity index (χ3v) is 5.79. The van der Waals surface area contributed by atoms with E-state index in [4.69, 9.17) is 4.74 Å². The first-order valence-electron chi connectivity index (χ1n) is 9.91. The van der Waals surface area contributed by atoms with Crippen molar-refractivity contribution in [2.45, 2.75) is 57.1 Å². The normalized spacial score (nSPS) is 26.0. The van der Waals surface area contributed by atoms with Crippen LogP contribution in [0.25, 0.3) is 0 Å². The lowest BCUT2D eigenvalue weighted by atomic mass is 9.88. The van der Waals surface area contributed by atoms with E-state index in [1.165, 1.54) is 4.90 Å². The molecule has 1 saturated carbocycles. The van der Waals surface area contributed by atoms with E-state index in [-0.39, 0.29) is 30.6 Å². The van der Waals surface area contributed by atoms with Crippen LogP contribution in [0.15, 0.2) is 12.1 Å². The Labute approximate surface area is 163 Å². The first-order valence-corrected chi connectivity index (χ1v) is 9.91. The second kappa shape index (κ2) is 6.83. The highest BCUT2D eigenvalue weighted by Crippen LogP contribution is 2.38. The number of likely N-dealkylation sites (tertiary alicyclic amines) is 1. The summed E-state index contributed by atoms with van der Waals surface area (Å²) in [6.45, 7) is 4.07. The predicted molar refractivity (Wildman–Crippen MR) is 100.0 cm³/mol. The van der Waals surface area contributed by atoms with Crippen LogP contribution in [0.5, 0.6) is 5.88 Å². The van der Waals surface area contributed by atoms with Crippen molar-refractivity contribution >= 4 is 11.6 Å². The Hall–Kier alpha value is -1.96. The Morgan fingerprint density at radius 1 is 1.29 bits per heavy atom. The fraction of sp³-hybridized carbons (Fsp3) is 0.700. The van der Waals surface area contributed by atoms with E-state index in [1.54, 1.807) is 17.0 Å². The van der Waals surface area contributed by atoms with E-state index < -0.39 is 17.6 Å². The second-order valence-corrected chi connectivity index (χ2v) is 8.90. The van der Waals surface area contributed by atoms with Crippen LogP contribution in [0.4, 0.5) is 14.5 Å². The minimum Gasteiger partial charge on any atom is -0.476 e. The summed E-state index contributed by atoms with van der Waals surface area (Å²) in [5.41, 5.74) is 0.270. The number of aliphatic hydroxyl groups excluding tert-OH is 1. The van der Waals surface area contributed by atoms with Crippen LogP contribution in [0.2, 0.25) is 0 Å². The lowest BCUT2D eigenvalue weighted by molar-refractivity contribution is -0.0266. The fourth-order valence-corrected chi connectivity index (χ4v) is 3.95. The number of piperidine rings is 1. The predicted octanol–water partition coefficient (Wildman–Crippen LogP) is 2.70. The van der Waals surface area contributed by atoms with E-state index >= 15 is 0 Å². The molecule has 3 heterocycles. The zero-order chi connectivity index (χ0) is 20.1. The van der Waals surface area contributed by atoms with Crippen molar-refractivity contribution in [3.05, 3.63) is 17.8 Å². The van der Waals surface area contributed by atoms with Crippen LogP contribution >= 0.6 is 0 Å². The Kier molecular flexibility index (Phi) is 4.72. The molecule has 2 saturated heterocycles. The van der Waals surface area contributed by atoms with Crippen LogP contribution in [0.3, 0.4) is 0 Å². The molecular formula is C20H27F2N3O3. The van der Waals surface area contributed by atoms with Crippen LogP contribution in [0, 0.1) is 5.92 Å². The van der Waals surface area contributed by atoms with E-state index in [0.29, 0.717) is 37.6 Å². The highest BCUT2D eigenvalue weighted by Gasteiger charge is 2.45. The van der Waals surface area contributed by atoms with Gasteiger partial charge in [-0.2, -0.15) is 0 Å². The molecule has 0 bridgehead atoms. The zero-order valence-electron chi connectivity index (χ0n) is 16.3. The van der Waals surface area contributed by atoms with Gasteiger partial charge in [0, 0.05) is 12.1 Å². The number of nitrogens with zero attached hydrogens (tertiary/aromatic N) is 3. The number of pyridine rings is 1. The van der Waals surface area contributed by atoms with Gasteiger partial charge in [-0.25, -0.2) is 13.8 Å². The van der Waals surface area contributed by atoms with Crippen LogP contribution in [-0.2, 0) is 0 Å². The van der Waals surface area contributed by atoms with Gasteiger partial charge in [0.25, 0.3) is 11.8 Å². The van der Waals surface area contributed by atoms with E-state index in [2.05, 4.69) is 4.98 Å². The molecule has 1 aromatic rings. The lowest BCUT2D eigenvalue weighted by Crippen LogP contribution is -2.56. The van der Waals surface area contributed by atoms with Crippen molar-refractivity contribution in [2.24, 2.45) is 5.92 Å². The van der Waals surface area contributed by atoms with Crippen LogP contribution in [0.1, 0.15) is 50.0 Å². The van der Waals surface area contributed by atoms with Gasteiger partial charge in [0.2, 0.25) is 5.88 Å². The van der Waals surface area contributed by atoms with Gasteiger partial charge in [0.05, 0.1) is 25.8 Å². The summed E-state index contributed by atoms with van der Waals surface area (Å²) in [5, 5.41) is 9.92. The molecule has 1 unspecified atom stereocenters. The largest absolute Gasteiger partial charge is 0.476 e. The van der Waals surface area contributed by atoms with Gasteiger partial charge in [0.1, 0.15) is 11.4 Å². The molecule has 1 aromatic heterocycles. The number of hydrogen-bond donors (Lipinski definition) is 1. The molecule has 28 heavy (non-hydrogen) atoms. The van der Waals surface area contributed by atoms with E-state index in [9.17, 15) is 18.7 Å². The molecular weight excluding hydrogens is 368 g/mol. The minimum absolute atomic E-state index is 0.228. The standard InChI is InChI=1S/C20H27F2N3O3/c1-19(2)9-14(26)7-8-25(19)18(27)15-5-6-16(24-11-20(21,22)12-24)17(23-15)28-10-13-3-4-13/h5-6,13-14,26H,3-4,7-12H2,1-2H3. The highest BCUT2D eigenvalue weighted by molar-refractivity contribution is 5.93. The van der Waals surface area contributed by atoms with Crippen molar-refractivity contribution in [1.82, 2.24) is 9.88 Å². The van der Waals surface area contributed by atoms with Gasteiger partial charge >= 0.3 is 0 Å². The maximum absolute atomic E-state index is 13.3. The maximum Gasteiger partial charge on any atom is 0.282 e. The van der Waals surface area contributed by atoms with Crippen molar-refractivity contribution in [3.63, 3.8) is 0 Å². The quantitative estimate of drug-likeness (QED) is 0.831. The molecule has 8 heteroatoms. The molecule has 0 spiro atoms. The summed E-state index contributed by atoms with van der Waals surface area (Å²) in [5.74, 6) is -2.19. The van der Waals surface area contributed by atoms with Gasteiger partial charge < -0.3 is 19.6 Å². The molecule has 1 N–H and O–H groups in total. The summed E-state index contributed by atoms with van der Waals surface area (Å²) in [6, 6.07) is 3.24. The monoisotopic (exact) mass is 395 g/mol. The molecule has 0 radical (unpaired) electrons. The van der Waals surface area contributed by atoms with Crippen molar-refractivity contribution in [1.29, 1.82) is 0 Å². The number of rotatable bonds is 5. The number of carbonyl (C=O) groups excluding carboxylic acids is 1. The number of anilines is 1. The average molecular weight is 395 g/mol. The average Bonchev–Trinajstić information content (AvgIpc) is 3.40. The molecule has 0 aromatic carbocycles. The molecule has 1 atom stereocenters. The van der Waals surface area contributed by atoms with Crippen LogP contribution in [-0.4, -0.2) is 64.7 Å². The number of hydrogen-bond acceptors (Lipinski definition) is 5. The Balaban J connectivity index is 1.56. The van der Waals surface area contributed by atoms with E-state index in [0.717, 1.165) is 12.8 Å². The first-order chi connectivity index (χ1) is 13.1. The summed E-state index contributed by atoms with van der Waals surface area (Å²) >= 11 is 0. The number of aromatic nitrogens is 1. The summed E-state index contributed by atoms with van der Waals surface area (Å²) in [6.07, 6.45) is 2.81. The SMILES string of the molecule is CC1(C)CC(O)CCN1C(=O)c1ccc(N2CC(F)(F)C2)c(OCC2CC2)n1. The number of aliphatic hydroxyl groups is 1. The Bertz CT molecular complexity index is 759. The lowest BCUT2D eigenvalue weighted by Gasteiger charge is -2.44. The van der Waals surface area contributed by atoms with Crippen molar-refractivity contribution < 1.29 is 23.4 Å². The molecule has 4 rings (SSSR count). The zero-order valence-corrected chi connectivity index (χ0v) is 16.3. The molecule has 1 amide bonds. The number of alkyl halides is 2. The van der Waals surface area contributed by atoms with Gasteiger partial charge in [0.15, 0.2) is 0 Å². The van der Waals surface area contributed by atoms with Gasteiger partial charge in [-0.15, -0.1) is 0 Å². The maximum atomic E-state index is 13.3.